The Hall–Kier alpha value is -0.960. The van der Waals surface area contributed by atoms with Crippen LogP contribution in [0.4, 0.5) is 0 Å². The number of ether oxygens (including phenoxy) is 1. The van der Waals surface area contributed by atoms with Gasteiger partial charge in [0.05, 0.1) is 12.2 Å². The van der Waals surface area contributed by atoms with Crippen LogP contribution < -0.4 is 0 Å². The van der Waals surface area contributed by atoms with Crippen LogP contribution in [0.25, 0.3) is 0 Å². The van der Waals surface area contributed by atoms with Gasteiger partial charge in [-0.25, -0.2) is 0 Å². The molecule has 0 N–H and O–H groups in total. The smallest absolute Gasteiger partial charge is 0.146 e. The normalized spacial score (nSPS) is 42.1. The van der Waals surface area contributed by atoms with E-state index in [2.05, 4.69) is 20.8 Å². The van der Waals surface area contributed by atoms with Crippen LogP contribution in [0.3, 0.4) is 0 Å². The van der Waals surface area contributed by atoms with Gasteiger partial charge in [-0.3, -0.25) is 4.79 Å². The van der Waals surface area contributed by atoms with Crippen LogP contribution in [0.2, 0.25) is 0 Å². The fourth-order valence-electron chi connectivity index (χ4n) is 5.93. The van der Waals surface area contributed by atoms with E-state index in [1.165, 1.54) is 25.7 Å². The Morgan fingerprint density at radius 1 is 1.17 bits per heavy atom. The van der Waals surface area contributed by atoms with Gasteiger partial charge < -0.3 is 9.53 Å². The first-order valence-corrected chi connectivity index (χ1v) is 9.10. The van der Waals surface area contributed by atoms with E-state index in [4.69, 9.17) is 4.74 Å². The zero-order valence-electron chi connectivity index (χ0n) is 14.8. The second-order valence-electron chi connectivity index (χ2n) is 8.85. The van der Waals surface area contributed by atoms with Gasteiger partial charge in [-0.15, -0.1) is 0 Å². The summed E-state index contributed by atoms with van der Waals surface area (Å²) in [7, 11) is 0. The summed E-state index contributed by atoms with van der Waals surface area (Å²) in [5, 5.41) is 0. The Bertz CT molecular complexity index is 515. The predicted molar refractivity (Wildman–Crippen MR) is 90.1 cm³/mol. The Labute approximate surface area is 139 Å². The lowest BCUT2D eigenvalue weighted by molar-refractivity contribution is -0.109. The van der Waals surface area contributed by atoms with Gasteiger partial charge in [-0.1, -0.05) is 33.3 Å². The summed E-state index contributed by atoms with van der Waals surface area (Å²) < 4.78 is 5.97. The summed E-state index contributed by atoms with van der Waals surface area (Å²) in [5.41, 5.74) is 1.34. The molecule has 0 bridgehead atoms. The predicted octanol–water partition coefficient (Wildman–Crippen LogP) is 4.10. The minimum Gasteiger partial charge on any atom is -0.369 e. The first kappa shape index (κ1) is 16.9. The Balaban J connectivity index is 1.88. The van der Waals surface area contributed by atoms with Crippen LogP contribution in [0.1, 0.15) is 65.7 Å². The maximum atomic E-state index is 11.2. The maximum absolute atomic E-state index is 11.2. The number of hydrogen-bond acceptors (Lipinski definition) is 3. The van der Waals surface area contributed by atoms with Crippen LogP contribution in [-0.4, -0.2) is 24.8 Å². The van der Waals surface area contributed by atoms with Crippen molar-refractivity contribution in [1.82, 2.24) is 0 Å². The third kappa shape index (κ3) is 2.82. The average Bonchev–Trinajstić information content (AvgIpc) is 3.24. The van der Waals surface area contributed by atoms with E-state index in [1.54, 1.807) is 0 Å². The van der Waals surface area contributed by atoms with Crippen LogP contribution >= 0.6 is 0 Å². The quantitative estimate of drug-likeness (QED) is 0.435. The van der Waals surface area contributed by atoms with Gasteiger partial charge in [0.25, 0.3) is 0 Å². The first-order valence-electron chi connectivity index (χ1n) is 9.10. The molecule has 0 radical (unpaired) electrons. The number of carbonyl (C=O) groups is 2. The minimum absolute atomic E-state index is 0.0460. The van der Waals surface area contributed by atoms with Gasteiger partial charge in [-0.2, -0.15) is 0 Å². The summed E-state index contributed by atoms with van der Waals surface area (Å²) in [5.74, 6) is 1.19. The van der Waals surface area contributed by atoms with Crippen molar-refractivity contribution in [2.75, 3.05) is 6.61 Å². The summed E-state index contributed by atoms with van der Waals surface area (Å²) >= 11 is 0. The van der Waals surface area contributed by atoms with Gasteiger partial charge in [0.1, 0.15) is 12.6 Å². The highest BCUT2D eigenvalue weighted by Gasteiger charge is 2.64. The molecule has 4 atom stereocenters. The van der Waals surface area contributed by atoms with Crippen molar-refractivity contribution in [3.8, 4) is 0 Å². The van der Waals surface area contributed by atoms with Gasteiger partial charge >= 0.3 is 0 Å². The average molecular weight is 318 g/mol. The topological polar surface area (TPSA) is 46.7 Å². The molecule has 0 aromatic carbocycles. The van der Waals surface area contributed by atoms with Gasteiger partial charge in [0, 0.05) is 6.42 Å². The number of carbonyl (C=O) groups excluding carboxylic acids is 2. The molecule has 1 saturated heterocycles. The van der Waals surface area contributed by atoms with E-state index in [0.717, 1.165) is 37.9 Å². The molecular weight excluding hydrogens is 288 g/mol. The van der Waals surface area contributed by atoms with Crippen molar-refractivity contribution in [3.05, 3.63) is 11.6 Å². The highest BCUT2D eigenvalue weighted by Crippen LogP contribution is 2.66. The number of epoxide rings is 1. The highest BCUT2D eigenvalue weighted by atomic mass is 16.6. The minimum atomic E-state index is 0.0460. The number of rotatable bonds is 5. The molecule has 2 aliphatic carbocycles. The molecule has 0 aromatic heterocycles. The molecule has 23 heavy (non-hydrogen) atoms. The highest BCUT2D eigenvalue weighted by molar-refractivity contribution is 5.78. The van der Waals surface area contributed by atoms with E-state index in [0.29, 0.717) is 16.9 Å². The van der Waals surface area contributed by atoms with Crippen LogP contribution in [-0.2, 0) is 14.3 Å². The summed E-state index contributed by atoms with van der Waals surface area (Å²) in [6.45, 7) is 8.19. The molecule has 2 unspecified atom stereocenters. The van der Waals surface area contributed by atoms with Crippen molar-refractivity contribution < 1.29 is 14.3 Å². The Morgan fingerprint density at radius 2 is 1.91 bits per heavy atom. The SMILES string of the molecule is CC1(C)CCC[C@@]2(C)C1CC[C@@]1(CO1)C2C/C=C(/C=O)CC=O. The van der Waals surface area contributed by atoms with Crippen LogP contribution in [0.15, 0.2) is 11.6 Å². The van der Waals surface area contributed by atoms with E-state index >= 15 is 0 Å². The molecular formula is C20H30O3. The summed E-state index contributed by atoms with van der Waals surface area (Å²) in [6.07, 6.45) is 11.0. The first-order chi connectivity index (χ1) is 10.9. The van der Waals surface area contributed by atoms with Gasteiger partial charge in [-0.05, 0) is 60.3 Å². The molecule has 3 fully saturated rings. The third-order valence-electron chi connectivity index (χ3n) is 7.16. The third-order valence-corrected chi connectivity index (χ3v) is 7.16. The van der Waals surface area contributed by atoms with Crippen LogP contribution in [0.5, 0.6) is 0 Å². The van der Waals surface area contributed by atoms with Crippen molar-refractivity contribution in [2.24, 2.45) is 22.7 Å². The molecule has 1 spiro atoms. The van der Waals surface area contributed by atoms with E-state index in [-0.39, 0.29) is 17.4 Å². The Kier molecular flexibility index (Phi) is 4.29. The molecule has 0 aromatic rings. The molecule has 128 valence electrons. The van der Waals surface area contributed by atoms with Crippen molar-refractivity contribution >= 4 is 12.6 Å². The fourth-order valence-corrected chi connectivity index (χ4v) is 5.93. The van der Waals surface area contributed by atoms with E-state index in [9.17, 15) is 9.59 Å². The largest absolute Gasteiger partial charge is 0.369 e. The molecule has 3 rings (SSSR count). The maximum Gasteiger partial charge on any atom is 0.146 e. The molecule has 3 nitrogen and oxygen atoms in total. The summed E-state index contributed by atoms with van der Waals surface area (Å²) in [6, 6.07) is 0. The van der Waals surface area contributed by atoms with E-state index < -0.39 is 0 Å². The molecule has 1 aliphatic heterocycles. The number of hydrogen-bond donors (Lipinski definition) is 0. The van der Waals surface area contributed by atoms with Crippen molar-refractivity contribution in [3.63, 3.8) is 0 Å². The van der Waals surface area contributed by atoms with Crippen molar-refractivity contribution in [2.45, 2.75) is 71.3 Å². The second kappa shape index (κ2) is 5.84. The zero-order valence-corrected chi connectivity index (χ0v) is 14.8. The molecule has 3 heteroatoms. The van der Waals surface area contributed by atoms with Gasteiger partial charge in [0.15, 0.2) is 0 Å². The molecule has 0 amide bonds. The van der Waals surface area contributed by atoms with Gasteiger partial charge in [0.2, 0.25) is 0 Å². The van der Waals surface area contributed by atoms with E-state index in [1.807, 2.05) is 6.08 Å². The Morgan fingerprint density at radius 3 is 2.52 bits per heavy atom. The lowest BCUT2D eigenvalue weighted by Gasteiger charge is -2.59. The number of allylic oxidation sites excluding steroid dienone is 2. The fraction of sp³-hybridized carbons (Fsp3) is 0.800. The monoisotopic (exact) mass is 318 g/mol. The lowest BCUT2D eigenvalue weighted by Crippen LogP contribution is -2.54. The van der Waals surface area contributed by atoms with Crippen LogP contribution in [0, 0.1) is 22.7 Å². The lowest BCUT2D eigenvalue weighted by atomic mass is 9.46. The molecule has 3 aliphatic rings. The standard InChI is InChI=1S/C20H30O3/c1-18(2)9-4-10-19(3)16(18)7-11-20(14-23-20)17(19)6-5-15(13-22)8-12-21/h5,12-13,16-17H,4,6-11,14H2,1-3H3/b15-5+/t16?,17?,19-,20+/m0/s1. The molecule has 2 saturated carbocycles. The molecule has 1 heterocycles. The number of aldehydes is 2. The zero-order chi connectivity index (χ0) is 16.7. The summed E-state index contributed by atoms with van der Waals surface area (Å²) in [4.78, 5) is 21.9. The number of fused-ring (bicyclic) bond motifs is 1. The second-order valence-corrected chi connectivity index (χ2v) is 8.85. The van der Waals surface area contributed by atoms with Crippen molar-refractivity contribution in [1.29, 1.82) is 0 Å².